The molecule has 2 aromatic rings. The first-order chi connectivity index (χ1) is 14.2. The Morgan fingerprint density at radius 1 is 0.966 bits per heavy atom. The van der Waals surface area contributed by atoms with Crippen molar-refractivity contribution in [3.8, 4) is 0 Å². The van der Waals surface area contributed by atoms with Crippen molar-refractivity contribution in [3.05, 3.63) is 53.3 Å². The Morgan fingerprint density at radius 3 is 2.45 bits per heavy atom. The van der Waals surface area contributed by atoms with Crippen LogP contribution in [0, 0.1) is 6.92 Å². The fourth-order valence-electron chi connectivity index (χ4n) is 4.85. The maximum Gasteiger partial charge on any atom is 0.255 e. The fraction of sp³-hybridized carbons (Fsp3) is 0.542. The van der Waals surface area contributed by atoms with Crippen molar-refractivity contribution in [3.63, 3.8) is 0 Å². The van der Waals surface area contributed by atoms with Crippen LogP contribution in [-0.4, -0.2) is 66.1 Å². The summed E-state index contributed by atoms with van der Waals surface area (Å²) in [6.45, 7) is 12.4. The van der Waals surface area contributed by atoms with Crippen LogP contribution in [0.3, 0.4) is 0 Å². The van der Waals surface area contributed by atoms with Crippen LogP contribution in [0.5, 0.6) is 0 Å². The lowest BCUT2D eigenvalue weighted by molar-refractivity contribution is 0.0752. The minimum absolute atomic E-state index is 0.246. The number of hydrogen-bond acceptors (Lipinski definition) is 3. The highest BCUT2D eigenvalue weighted by Gasteiger charge is 2.27. The summed E-state index contributed by atoms with van der Waals surface area (Å²) in [6, 6.07) is 10.7. The van der Waals surface area contributed by atoms with Gasteiger partial charge in [-0.3, -0.25) is 9.69 Å². The van der Waals surface area contributed by atoms with Crippen molar-refractivity contribution >= 4 is 11.6 Å². The van der Waals surface area contributed by atoms with E-state index in [0.29, 0.717) is 0 Å². The Bertz CT molecular complexity index is 821. The standard InChI is InChI=1S/C24H34N4O/c1-3-26-19-20(2)23-22(26)11-7-13-28(24(23)29)14-8-12-25-15-17-27(18-16-25)21-9-5-4-6-10-21/h4-6,9-10,19H,3,7-8,11-18H2,1-2H3. The summed E-state index contributed by atoms with van der Waals surface area (Å²) < 4.78 is 2.26. The largest absolute Gasteiger partial charge is 0.369 e. The van der Waals surface area contributed by atoms with Gasteiger partial charge >= 0.3 is 0 Å². The quantitative estimate of drug-likeness (QED) is 0.752. The number of aryl methyl sites for hydroxylation is 2. The minimum atomic E-state index is 0.246. The summed E-state index contributed by atoms with van der Waals surface area (Å²) in [6.07, 6.45) is 5.29. The molecule has 3 heterocycles. The van der Waals surface area contributed by atoms with Gasteiger partial charge in [-0.25, -0.2) is 0 Å². The van der Waals surface area contributed by atoms with Crippen LogP contribution >= 0.6 is 0 Å². The van der Waals surface area contributed by atoms with Gasteiger partial charge in [0.25, 0.3) is 5.91 Å². The highest BCUT2D eigenvalue weighted by Crippen LogP contribution is 2.24. The predicted octanol–water partition coefficient (Wildman–Crippen LogP) is 3.42. The molecular formula is C24H34N4O. The van der Waals surface area contributed by atoms with Crippen molar-refractivity contribution in [2.75, 3.05) is 50.7 Å². The number of carbonyl (C=O) groups excluding carboxylic acids is 1. The lowest BCUT2D eigenvalue weighted by Gasteiger charge is -2.36. The number of benzene rings is 1. The zero-order valence-corrected chi connectivity index (χ0v) is 17.9. The second kappa shape index (κ2) is 9.04. The number of hydrogen-bond donors (Lipinski definition) is 0. The van der Waals surface area contributed by atoms with Crippen LogP contribution in [0.2, 0.25) is 0 Å². The number of amides is 1. The minimum Gasteiger partial charge on any atom is -0.369 e. The van der Waals surface area contributed by atoms with Crippen molar-refractivity contribution in [1.82, 2.24) is 14.4 Å². The Balaban J connectivity index is 1.28. The molecule has 0 saturated carbocycles. The summed E-state index contributed by atoms with van der Waals surface area (Å²) in [5.41, 5.74) is 4.68. The van der Waals surface area contributed by atoms with E-state index in [1.165, 1.54) is 11.4 Å². The molecule has 1 aromatic heterocycles. The average Bonchev–Trinajstić information content (AvgIpc) is 2.98. The van der Waals surface area contributed by atoms with Crippen LogP contribution in [0.15, 0.2) is 36.5 Å². The van der Waals surface area contributed by atoms with Gasteiger partial charge in [0, 0.05) is 63.4 Å². The van der Waals surface area contributed by atoms with E-state index in [2.05, 4.69) is 69.6 Å². The summed E-state index contributed by atoms with van der Waals surface area (Å²) in [4.78, 5) is 20.3. The normalized spacial score (nSPS) is 18.1. The van der Waals surface area contributed by atoms with Gasteiger partial charge in [-0.05, 0) is 57.4 Å². The number of fused-ring (bicyclic) bond motifs is 1. The maximum absolute atomic E-state index is 13.2. The number of anilines is 1. The first-order valence-corrected chi connectivity index (χ1v) is 11.2. The molecule has 2 aliphatic rings. The van der Waals surface area contributed by atoms with E-state index >= 15 is 0 Å². The highest BCUT2D eigenvalue weighted by molar-refractivity contribution is 5.97. The van der Waals surface area contributed by atoms with Crippen LogP contribution < -0.4 is 4.90 Å². The molecule has 29 heavy (non-hydrogen) atoms. The van der Waals surface area contributed by atoms with Gasteiger partial charge < -0.3 is 14.4 Å². The van der Waals surface area contributed by atoms with E-state index < -0.39 is 0 Å². The van der Waals surface area contributed by atoms with Gasteiger partial charge in [0.05, 0.1) is 5.56 Å². The summed E-state index contributed by atoms with van der Waals surface area (Å²) >= 11 is 0. The van der Waals surface area contributed by atoms with Crippen LogP contribution in [0.1, 0.15) is 41.4 Å². The van der Waals surface area contributed by atoms with E-state index in [1.54, 1.807) is 0 Å². The van der Waals surface area contributed by atoms with E-state index in [-0.39, 0.29) is 5.91 Å². The van der Waals surface area contributed by atoms with Crippen molar-refractivity contribution in [2.45, 2.75) is 39.7 Å². The molecular weight excluding hydrogens is 360 g/mol. The van der Waals surface area contributed by atoms with Gasteiger partial charge in [-0.2, -0.15) is 0 Å². The third-order valence-electron chi connectivity index (χ3n) is 6.46. The average molecular weight is 395 g/mol. The topological polar surface area (TPSA) is 31.7 Å². The zero-order chi connectivity index (χ0) is 20.2. The zero-order valence-electron chi connectivity index (χ0n) is 17.9. The molecule has 1 amide bonds. The summed E-state index contributed by atoms with van der Waals surface area (Å²) in [7, 11) is 0. The number of nitrogens with zero attached hydrogens (tertiary/aromatic N) is 4. The Morgan fingerprint density at radius 2 is 1.72 bits per heavy atom. The van der Waals surface area contributed by atoms with Gasteiger partial charge in [-0.1, -0.05) is 18.2 Å². The molecule has 0 unspecified atom stereocenters. The van der Waals surface area contributed by atoms with E-state index in [0.717, 1.165) is 82.7 Å². The number of para-hydroxylation sites is 1. The lowest BCUT2D eigenvalue weighted by Crippen LogP contribution is -2.47. The second-order valence-electron chi connectivity index (χ2n) is 8.33. The molecule has 0 bridgehead atoms. The maximum atomic E-state index is 13.2. The Kier molecular flexibility index (Phi) is 6.24. The molecule has 0 spiro atoms. The second-order valence-corrected chi connectivity index (χ2v) is 8.33. The third-order valence-corrected chi connectivity index (χ3v) is 6.46. The molecule has 1 saturated heterocycles. The summed E-state index contributed by atoms with van der Waals surface area (Å²) in [5.74, 6) is 0.246. The molecule has 0 atom stereocenters. The summed E-state index contributed by atoms with van der Waals surface area (Å²) in [5, 5.41) is 0. The fourth-order valence-corrected chi connectivity index (χ4v) is 4.85. The first-order valence-electron chi connectivity index (χ1n) is 11.2. The van der Waals surface area contributed by atoms with Crippen molar-refractivity contribution in [2.24, 2.45) is 0 Å². The third kappa shape index (κ3) is 4.35. The Hall–Kier alpha value is -2.27. The van der Waals surface area contributed by atoms with E-state index in [1.807, 2.05) is 0 Å². The van der Waals surface area contributed by atoms with Gasteiger partial charge in [0.2, 0.25) is 0 Å². The molecule has 0 N–H and O–H groups in total. The predicted molar refractivity (Wildman–Crippen MR) is 119 cm³/mol. The molecule has 0 radical (unpaired) electrons. The highest BCUT2D eigenvalue weighted by atomic mass is 16.2. The lowest BCUT2D eigenvalue weighted by atomic mass is 10.1. The van der Waals surface area contributed by atoms with Gasteiger partial charge in [-0.15, -0.1) is 0 Å². The van der Waals surface area contributed by atoms with Crippen LogP contribution in [0.25, 0.3) is 0 Å². The van der Waals surface area contributed by atoms with Crippen LogP contribution in [0.4, 0.5) is 5.69 Å². The monoisotopic (exact) mass is 394 g/mol. The van der Waals surface area contributed by atoms with Gasteiger partial charge in [0.15, 0.2) is 0 Å². The molecule has 4 rings (SSSR count). The van der Waals surface area contributed by atoms with E-state index in [9.17, 15) is 4.79 Å². The first kappa shape index (κ1) is 20.0. The number of carbonyl (C=O) groups is 1. The Labute approximate surface area is 174 Å². The number of rotatable bonds is 6. The SMILES string of the molecule is CCn1cc(C)c2c1CCCN(CCCN1CCN(c3ccccc3)CC1)C2=O. The molecule has 5 heteroatoms. The molecule has 2 aliphatic heterocycles. The van der Waals surface area contributed by atoms with Crippen molar-refractivity contribution in [1.29, 1.82) is 0 Å². The van der Waals surface area contributed by atoms with Crippen molar-refractivity contribution < 1.29 is 4.79 Å². The van der Waals surface area contributed by atoms with Crippen LogP contribution in [-0.2, 0) is 13.0 Å². The smallest absolute Gasteiger partial charge is 0.255 e. The molecule has 0 aliphatic carbocycles. The molecule has 1 aromatic carbocycles. The molecule has 1 fully saturated rings. The molecule has 5 nitrogen and oxygen atoms in total. The number of aromatic nitrogens is 1. The molecule has 156 valence electrons. The number of piperazine rings is 1. The van der Waals surface area contributed by atoms with Gasteiger partial charge in [0.1, 0.15) is 0 Å². The van der Waals surface area contributed by atoms with E-state index in [4.69, 9.17) is 0 Å².